The summed E-state index contributed by atoms with van der Waals surface area (Å²) in [6.07, 6.45) is 3.89. The maximum atomic E-state index is 4.94. The fourth-order valence-corrected chi connectivity index (χ4v) is 0.510. The second-order valence-corrected chi connectivity index (χ2v) is 2.88. The first-order valence-electron chi connectivity index (χ1n) is 3.78. The summed E-state index contributed by atoms with van der Waals surface area (Å²) >= 11 is 2.02. The summed E-state index contributed by atoms with van der Waals surface area (Å²) in [6, 6.07) is 0. The van der Waals surface area contributed by atoms with Crippen LogP contribution in [0.2, 0.25) is 4.55 Å². The van der Waals surface area contributed by atoms with Crippen molar-refractivity contribution in [2.75, 3.05) is 13.2 Å². The Morgan fingerprint density at radius 2 is 1.70 bits per heavy atom. The van der Waals surface area contributed by atoms with E-state index in [0.717, 1.165) is 13.2 Å². The molecule has 1 nitrogen and oxygen atoms in total. The molecule has 0 aromatic rings. The predicted octanol–water partition coefficient (Wildman–Crippen LogP) is -1.22. The Morgan fingerprint density at radius 3 is 1.80 bits per heavy atom. The second-order valence-electron chi connectivity index (χ2n) is 2.17. The summed E-state index contributed by atoms with van der Waals surface area (Å²) in [5.41, 5.74) is 0. The molecule has 0 atom stereocenters. The number of hydrogen-bond acceptors (Lipinski definition) is 1. The molecule has 1 rings (SSSR count). The molecule has 0 radical (unpaired) electrons. The Balaban J connectivity index is 0. The molecule has 0 spiro atoms. The Morgan fingerprint density at radius 1 is 1.30 bits per heavy atom. The van der Waals surface area contributed by atoms with Gasteiger partial charge in [0.05, 0.1) is 0 Å². The minimum atomic E-state index is 0. The van der Waals surface area contributed by atoms with Gasteiger partial charge in [-0.1, -0.05) is 0 Å². The van der Waals surface area contributed by atoms with E-state index in [4.69, 9.17) is 4.74 Å². The Bertz CT molecular complexity index is 39.3. The van der Waals surface area contributed by atoms with Gasteiger partial charge in [0.25, 0.3) is 0 Å². The predicted molar refractivity (Wildman–Crippen MR) is 40.9 cm³/mol. The molecule has 1 saturated heterocycles. The van der Waals surface area contributed by atoms with Crippen molar-refractivity contribution in [1.29, 1.82) is 0 Å². The smallest absolute Gasteiger partial charge is 1.00 e. The molecule has 0 N–H and O–H groups in total. The van der Waals surface area contributed by atoms with Crippen molar-refractivity contribution in [3.63, 3.8) is 0 Å². The first kappa shape index (κ1) is 13.6. The van der Waals surface area contributed by atoms with Crippen LogP contribution in [0.15, 0.2) is 0 Å². The van der Waals surface area contributed by atoms with Gasteiger partial charge in [0.2, 0.25) is 0 Å². The monoisotopic (exact) mass is 174 g/mol. The molecule has 0 aliphatic carbocycles. The maximum Gasteiger partial charge on any atom is -1.00 e. The first-order valence-corrected chi connectivity index (χ1v) is 4.78. The normalized spacial score (nSPS) is 15.1. The van der Waals surface area contributed by atoms with Crippen LogP contribution < -0.4 is 12.4 Å². The molecular formula is C7H15ClMgO. The largest absolute Gasteiger partial charge is 1.00 e. The van der Waals surface area contributed by atoms with E-state index in [-0.39, 0.29) is 12.4 Å². The zero-order chi connectivity index (χ0) is 6.95. The van der Waals surface area contributed by atoms with Crippen LogP contribution in [-0.2, 0) is 4.74 Å². The van der Waals surface area contributed by atoms with Crippen molar-refractivity contribution in [1.82, 2.24) is 0 Å². The topological polar surface area (TPSA) is 9.23 Å². The number of rotatable bonds is 1. The third-order valence-corrected chi connectivity index (χ3v) is 1.89. The number of ether oxygens (including phenoxy) is 1. The van der Waals surface area contributed by atoms with Crippen LogP contribution in [0.4, 0.5) is 0 Å². The Hall–Kier alpha value is 1.02. The minimum absolute atomic E-state index is 0. The van der Waals surface area contributed by atoms with E-state index in [1.807, 2.05) is 21.7 Å². The van der Waals surface area contributed by atoms with Gasteiger partial charge >= 0.3 is 39.6 Å². The average Bonchev–Trinajstić information content (AvgIpc) is 2.43. The summed E-state index contributed by atoms with van der Waals surface area (Å²) < 4.78 is 6.29. The SMILES string of the molecule is C1CCOC1.CC[CH2][Mg+].[Cl-]. The molecule has 0 bridgehead atoms. The summed E-state index contributed by atoms with van der Waals surface area (Å²) in [7, 11) is 0. The van der Waals surface area contributed by atoms with Crippen LogP contribution in [0.25, 0.3) is 0 Å². The van der Waals surface area contributed by atoms with Crippen LogP contribution in [0.5, 0.6) is 0 Å². The third kappa shape index (κ3) is 11.8. The van der Waals surface area contributed by atoms with Gasteiger partial charge in [-0.2, -0.15) is 0 Å². The molecule has 1 aliphatic heterocycles. The van der Waals surface area contributed by atoms with Gasteiger partial charge in [-0.15, -0.1) is 0 Å². The summed E-state index contributed by atoms with van der Waals surface area (Å²) in [4.78, 5) is 0. The molecule has 10 heavy (non-hydrogen) atoms. The molecule has 1 fully saturated rings. The molecule has 1 heterocycles. The number of halogens is 1. The van der Waals surface area contributed by atoms with Gasteiger partial charge in [0.15, 0.2) is 0 Å². The fourth-order valence-electron chi connectivity index (χ4n) is 0.510. The molecule has 58 valence electrons. The number of hydrogen-bond donors (Lipinski definition) is 0. The molecule has 0 amide bonds. The summed E-state index contributed by atoms with van der Waals surface area (Å²) in [6.45, 7) is 4.19. The Labute approximate surface area is 82.7 Å². The fraction of sp³-hybridized carbons (Fsp3) is 1.00. The van der Waals surface area contributed by atoms with Gasteiger partial charge in [0, 0.05) is 13.2 Å². The van der Waals surface area contributed by atoms with Crippen LogP contribution in [-0.4, -0.2) is 34.9 Å². The summed E-state index contributed by atoms with van der Waals surface area (Å²) in [5, 5.41) is 0. The van der Waals surface area contributed by atoms with Crippen LogP contribution >= 0.6 is 0 Å². The van der Waals surface area contributed by atoms with E-state index in [2.05, 4.69) is 6.92 Å². The van der Waals surface area contributed by atoms with E-state index < -0.39 is 0 Å². The van der Waals surface area contributed by atoms with E-state index in [1.54, 1.807) is 0 Å². The molecule has 0 unspecified atom stereocenters. The van der Waals surface area contributed by atoms with Crippen LogP contribution in [0.3, 0.4) is 0 Å². The average molecular weight is 175 g/mol. The third-order valence-electron chi connectivity index (χ3n) is 1.18. The van der Waals surface area contributed by atoms with E-state index in [9.17, 15) is 0 Å². The van der Waals surface area contributed by atoms with Gasteiger partial charge in [0.1, 0.15) is 0 Å². The maximum absolute atomic E-state index is 4.94. The summed E-state index contributed by atoms with van der Waals surface area (Å²) in [5.74, 6) is 0. The van der Waals surface area contributed by atoms with Gasteiger partial charge in [-0.3, -0.25) is 0 Å². The zero-order valence-corrected chi connectivity index (χ0v) is 8.91. The zero-order valence-electron chi connectivity index (χ0n) is 6.74. The van der Waals surface area contributed by atoms with E-state index in [1.165, 1.54) is 23.8 Å². The van der Waals surface area contributed by atoms with Crippen molar-refractivity contribution in [3.05, 3.63) is 0 Å². The Kier molecular flexibility index (Phi) is 17.2. The van der Waals surface area contributed by atoms with Crippen molar-refractivity contribution in [2.45, 2.75) is 30.7 Å². The van der Waals surface area contributed by atoms with Crippen LogP contribution in [0.1, 0.15) is 26.2 Å². The van der Waals surface area contributed by atoms with Gasteiger partial charge in [-0.25, -0.2) is 0 Å². The van der Waals surface area contributed by atoms with Gasteiger partial charge < -0.3 is 17.1 Å². The van der Waals surface area contributed by atoms with E-state index >= 15 is 0 Å². The van der Waals surface area contributed by atoms with Crippen molar-refractivity contribution >= 4 is 21.7 Å². The molecule has 0 aromatic carbocycles. The quantitative estimate of drug-likeness (QED) is 0.454. The first-order chi connectivity index (χ1) is 4.41. The van der Waals surface area contributed by atoms with Crippen molar-refractivity contribution in [2.24, 2.45) is 0 Å². The molecule has 0 aromatic heterocycles. The second kappa shape index (κ2) is 12.7. The van der Waals surface area contributed by atoms with Crippen molar-refractivity contribution in [3.8, 4) is 0 Å². The standard InChI is InChI=1S/C4H8O.C3H7.ClH.Mg/c1-2-4-5-3-1;1-3-2;;/h1-4H2;1,3H2,2H3;1H;/q;;;+1/p-1. The molecule has 1 aliphatic rings. The van der Waals surface area contributed by atoms with Crippen LogP contribution in [0, 0.1) is 0 Å². The molecule has 0 saturated carbocycles. The van der Waals surface area contributed by atoms with Crippen molar-refractivity contribution < 1.29 is 17.1 Å². The minimum Gasteiger partial charge on any atom is -1.00 e. The van der Waals surface area contributed by atoms with Gasteiger partial charge in [-0.05, 0) is 12.8 Å². The molecular weight excluding hydrogens is 160 g/mol. The molecule has 3 heteroatoms. The van der Waals surface area contributed by atoms with E-state index in [0.29, 0.717) is 0 Å².